The first-order valence-electron chi connectivity index (χ1n) is 4.99. The molecule has 1 aliphatic rings. The molecule has 0 aliphatic carbocycles. The molecule has 15 heavy (non-hydrogen) atoms. The van der Waals surface area contributed by atoms with Gasteiger partial charge < -0.3 is 0 Å². The Bertz CT molecular complexity index is 358. The van der Waals surface area contributed by atoms with Gasteiger partial charge in [0.2, 0.25) is 0 Å². The maximum Gasteiger partial charge on any atom is 0.0806 e. The van der Waals surface area contributed by atoms with E-state index >= 15 is 0 Å². The second kappa shape index (κ2) is 5.09. The zero-order chi connectivity index (χ0) is 10.8. The average Bonchev–Trinajstić information content (AvgIpc) is 2.22. The quantitative estimate of drug-likeness (QED) is 0.834. The molecular formula is C11H13BrClNS. The average molecular weight is 307 g/mol. The summed E-state index contributed by atoms with van der Waals surface area (Å²) in [6.45, 7) is 2.22. The third-order valence-corrected chi connectivity index (χ3v) is 4.54. The summed E-state index contributed by atoms with van der Waals surface area (Å²) in [5.41, 5.74) is 1.18. The van der Waals surface area contributed by atoms with E-state index in [4.69, 9.17) is 11.6 Å². The fourth-order valence-electron chi connectivity index (χ4n) is 1.65. The Balaban J connectivity index is 2.24. The third-order valence-electron chi connectivity index (χ3n) is 2.51. The van der Waals surface area contributed by atoms with Crippen LogP contribution in [0.1, 0.15) is 24.3 Å². The first-order chi connectivity index (χ1) is 7.16. The maximum atomic E-state index is 6.20. The van der Waals surface area contributed by atoms with Gasteiger partial charge in [-0.25, -0.2) is 0 Å². The van der Waals surface area contributed by atoms with Gasteiger partial charge in [0.1, 0.15) is 0 Å². The second-order valence-electron chi connectivity index (χ2n) is 3.77. The third kappa shape index (κ3) is 2.90. The Morgan fingerprint density at radius 3 is 3.07 bits per heavy atom. The Labute approximate surface area is 108 Å². The fourth-order valence-corrected chi connectivity index (χ4v) is 3.75. The Morgan fingerprint density at radius 1 is 1.53 bits per heavy atom. The van der Waals surface area contributed by atoms with E-state index in [0.29, 0.717) is 11.4 Å². The van der Waals surface area contributed by atoms with Gasteiger partial charge in [-0.3, -0.25) is 5.32 Å². The van der Waals surface area contributed by atoms with Crippen molar-refractivity contribution in [3.63, 3.8) is 0 Å². The lowest BCUT2D eigenvalue weighted by molar-refractivity contribution is 0.512. The molecule has 0 spiro atoms. The number of thioether (sulfide) groups is 1. The lowest BCUT2D eigenvalue weighted by atomic mass is 10.2. The smallest absolute Gasteiger partial charge is 0.0806 e. The molecule has 0 saturated carbocycles. The van der Waals surface area contributed by atoms with Crippen molar-refractivity contribution in [1.82, 2.24) is 5.32 Å². The van der Waals surface area contributed by atoms with Gasteiger partial charge in [0.15, 0.2) is 0 Å². The van der Waals surface area contributed by atoms with Crippen LogP contribution in [-0.4, -0.2) is 11.8 Å². The number of hydrogen-bond donors (Lipinski definition) is 1. The van der Waals surface area contributed by atoms with Crippen molar-refractivity contribution in [3.8, 4) is 0 Å². The van der Waals surface area contributed by atoms with Gasteiger partial charge in [0.25, 0.3) is 0 Å². The molecule has 1 N–H and O–H groups in total. The van der Waals surface area contributed by atoms with E-state index in [1.165, 1.54) is 17.7 Å². The van der Waals surface area contributed by atoms with E-state index in [1.807, 2.05) is 23.9 Å². The number of nitrogens with one attached hydrogen (secondary N) is 1. The highest BCUT2D eigenvalue weighted by molar-refractivity contribution is 9.10. The van der Waals surface area contributed by atoms with Gasteiger partial charge in [-0.1, -0.05) is 27.5 Å². The summed E-state index contributed by atoms with van der Waals surface area (Å²) in [6.07, 6.45) is 1.23. The lowest BCUT2D eigenvalue weighted by Gasteiger charge is -2.29. The number of hydrogen-bond acceptors (Lipinski definition) is 2. The normalized spacial score (nSPS) is 26.6. The highest BCUT2D eigenvalue weighted by Crippen LogP contribution is 2.36. The molecule has 1 nitrogen and oxygen atoms in total. The largest absolute Gasteiger partial charge is 0.299 e. The van der Waals surface area contributed by atoms with Crippen LogP contribution in [0.15, 0.2) is 22.7 Å². The van der Waals surface area contributed by atoms with Gasteiger partial charge in [-0.05, 0) is 42.9 Å². The minimum absolute atomic E-state index is 0.332. The molecule has 2 rings (SSSR count). The van der Waals surface area contributed by atoms with Crippen LogP contribution in [0.4, 0.5) is 0 Å². The highest BCUT2D eigenvalue weighted by atomic mass is 79.9. The maximum absolute atomic E-state index is 6.20. The van der Waals surface area contributed by atoms with Crippen LogP contribution in [0, 0.1) is 0 Å². The molecule has 0 aromatic heterocycles. The fraction of sp³-hybridized carbons (Fsp3) is 0.455. The van der Waals surface area contributed by atoms with Crippen molar-refractivity contribution >= 4 is 39.3 Å². The van der Waals surface area contributed by atoms with E-state index in [9.17, 15) is 0 Å². The molecule has 0 amide bonds. The van der Waals surface area contributed by atoms with Crippen LogP contribution in [-0.2, 0) is 0 Å². The molecule has 1 saturated heterocycles. The zero-order valence-corrected chi connectivity index (χ0v) is 11.6. The summed E-state index contributed by atoms with van der Waals surface area (Å²) in [4.78, 5) is 0. The van der Waals surface area contributed by atoms with Crippen LogP contribution in [0.3, 0.4) is 0 Å². The van der Waals surface area contributed by atoms with Crippen LogP contribution in [0.2, 0.25) is 5.02 Å². The molecule has 1 fully saturated rings. The van der Waals surface area contributed by atoms with E-state index in [2.05, 4.69) is 34.2 Å². The van der Waals surface area contributed by atoms with Crippen molar-refractivity contribution in [2.24, 2.45) is 0 Å². The molecule has 1 aromatic rings. The monoisotopic (exact) mass is 305 g/mol. The zero-order valence-electron chi connectivity index (χ0n) is 8.47. The van der Waals surface area contributed by atoms with Crippen molar-refractivity contribution in [2.75, 3.05) is 5.75 Å². The lowest BCUT2D eigenvalue weighted by Crippen LogP contribution is -2.33. The van der Waals surface area contributed by atoms with Crippen molar-refractivity contribution in [1.29, 1.82) is 0 Å². The van der Waals surface area contributed by atoms with Crippen molar-refractivity contribution < 1.29 is 0 Å². The van der Waals surface area contributed by atoms with Crippen LogP contribution in [0.25, 0.3) is 0 Å². The van der Waals surface area contributed by atoms with Gasteiger partial charge in [0, 0.05) is 15.5 Å². The predicted molar refractivity (Wildman–Crippen MR) is 71.6 cm³/mol. The molecular weight excluding hydrogens is 294 g/mol. The van der Waals surface area contributed by atoms with E-state index in [0.717, 1.165) is 9.50 Å². The Kier molecular flexibility index (Phi) is 3.99. The first kappa shape index (κ1) is 11.8. The van der Waals surface area contributed by atoms with E-state index < -0.39 is 0 Å². The summed E-state index contributed by atoms with van der Waals surface area (Å²) in [5, 5.41) is 4.74. The minimum atomic E-state index is 0.332. The summed E-state index contributed by atoms with van der Waals surface area (Å²) >= 11 is 11.6. The number of rotatable bonds is 1. The second-order valence-corrected chi connectivity index (χ2v) is 6.31. The van der Waals surface area contributed by atoms with Crippen LogP contribution < -0.4 is 5.32 Å². The Hall–Kier alpha value is 0.300. The summed E-state index contributed by atoms with van der Waals surface area (Å²) in [6, 6.07) is 6.60. The SMILES string of the molecule is CC1CCSC(c2cc(Br)ccc2Cl)N1. The topological polar surface area (TPSA) is 12.0 Å². The molecule has 1 aromatic carbocycles. The molecule has 1 aliphatic heterocycles. The van der Waals surface area contributed by atoms with E-state index in [1.54, 1.807) is 0 Å². The predicted octanol–water partition coefficient (Wildman–Crippen LogP) is 4.22. The number of halogens is 2. The highest BCUT2D eigenvalue weighted by Gasteiger charge is 2.21. The molecule has 0 bridgehead atoms. The summed E-state index contributed by atoms with van der Waals surface area (Å²) in [5.74, 6) is 1.20. The van der Waals surface area contributed by atoms with Crippen LogP contribution >= 0.6 is 39.3 Å². The molecule has 82 valence electrons. The number of benzene rings is 1. The molecule has 0 radical (unpaired) electrons. The van der Waals surface area contributed by atoms with Crippen molar-refractivity contribution in [2.45, 2.75) is 24.8 Å². The van der Waals surface area contributed by atoms with Gasteiger partial charge in [-0.15, -0.1) is 11.8 Å². The Morgan fingerprint density at radius 2 is 2.33 bits per heavy atom. The standard InChI is InChI=1S/C11H13BrClNS/c1-7-4-5-15-11(14-7)9-6-8(12)2-3-10(9)13/h2-3,6-7,11,14H,4-5H2,1H3. The molecule has 2 unspecified atom stereocenters. The summed E-state index contributed by atoms with van der Waals surface area (Å²) in [7, 11) is 0. The van der Waals surface area contributed by atoms with Crippen molar-refractivity contribution in [3.05, 3.63) is 33.3 Å². The van der Waals surface area contributed by atoms with Gasteiger partial charge in [-0.2, -0.15) is 0 Å². The minimum Gasteiger partial charge on any atom is -0.299 e. The molecule has 4 heteroatoms. The summed E-state index contributed by atoms with van der Waals surface area (Å²) < 4.78 is 1.09. The molecule has 1 heterocycles. The van der Waals surface area contributed by atoms with Gasteiger partial charge >= 0.3 is 0 Å². The van der Waals surface area contributed by atoms with Crippen LogP contribution in [0.5, 0.6) is 0 Å². The first-order valence-corrected chi connectivity index (χ1v) is 7.21. The van der Waals surface area contributed by atoms with Gasteiger partial charge in [0.05, 0.1) is 5.37 Å². The molecule has 2 atom stereocenters. The van der Waals surface area contributed by atoms with E-state index in [-0.39, 0.29) is 0 Å².